The van der Waals surface area contributed by atoms with Crippen LogP contribution in [0, 0.1) is 29.6 Å². The molecule has 3 saturated carbocycles. The lowest BCUT2D eigenvalue weighted by molar-refractivity contribution is -0.314. The van der Waals surface area contributed by atoms with Crippen molar-refractivity contribution in [1.82, 2.24) is 0 Å². The summed E-state index contributed by atoms with van der Waals surface area (Å²) in [5.41, 5.74) is 0. The molecule has 0 aromatic rings. The Labute approximate surface area is 145 Å². The quantitative estimate of drug-likeness (QED) is 0.769. The fourth-order valence-corrected chi connectivity index (χ4v) is 6.32. The van der Waals surface area contributed by atoms with Gasteiger partial charge in [-0.05, 0) is 62.2 Å². The average molecular weight is 338 g/mol. The molecular formula is C20H34O4. The number of rotatable bonds is 3. The van der Waals surface area contributed by atoms with Gasteiger partial charge in [-0.15, -0.1) is 0 Å². The third-order valence-corrected chi connectivity index (χ3v) is 7.35. The summed E-state index contributed by atoms with van der Waals surface area (Å²) in [7, 11) is 0. The highest BCUT2D eigenvalue weighted by Gasteiger charge is 2.49. The zero-order chi connectivity index (χ0) is 16.5. The highest BCUT2D eigenvalue weighted by atomic mass is 16.8. The molecule has 0 aromatic carbocycles. The van der Waals surface area contributed by atoms with Gasteiger partial charge in [-0.2, -0.15) is 0 Å². The first-order chi connectivity index (χ1) is 11.7. The molecule has 3 aliphatic carbocycles. The Kier molecular flexibility index (Phi) is 5.47. The Bertz CT molecular complexity index is 392. The van der Waals surface area contributed by atoms with Gasteiger partial charge < -0.3 is 19.7 Å². The van der Waals surface area contributed by atoms with Crippen LogP contribution in [0.3, 0.4) is 0 Å². The van der Waals surface area contributed by atoms with Crippen LogP contribution in [0.25, 0.3) is 0 Å². The smallest absolute Gasteiger partial charge is 0.163 e. The molecule has 4 nitrogen and oxygen atoms in total. The molecule has 138 valence electrons. The van der Waals surface area contributed by atoms with Gasteiger partial charge in [0.05, 0.1) is 0 Å². The molecule has 0 aromatic heterocycles. The lowest BCUT2D eigenvalue weighted by atomic mass is 9.54. The number of aliphatic hydroxyl groups excluding tert-OH is 2. The summed E-state index contributed by atoms with van der Waals surface area (Å²) in [5.74, 6) is 3.11. The van der Waals surface area contributed by atoms with E-state index in [-0.39, 0.29) is 5.92 Å². The number of hydrogen-bond acceptors (Lipinski definition) is 4. The molecule has 1 saturated heterocycles. The van der Waals surface area contributed by atoms with Gasteiger partial charge in [-0.25, -0.2) is 0 Å². The third-order valence-electron chi connectivity index (χ3n) is 7.35. The van der Waals surface area contributed by atoms with Crippen molar-refractivity contribution in [3.8, 4) is 0 Å². The first-order valence-electron chi connectivity index (χ1n) is 10.4. The standard InChI is InChI=1S/C20H34O4/c21-17-10-5-11-18(23-17)24-20(22)19-15-8-3-1-6-13(15)12-14-7-2-4-9-16(14)19/h13-22H,1-12H2. The van der Waals surface area contributed by atoms with Crippen LogP contribution in [0.15, 0.2) is 0 Å². The fraction of sp³-hybridized carbons (Fsp3) is 1.00. The van der Waals surface area contributed by atoms with E-state index in [2.05, 4.69) is 0 Å². The van der Waals surface area contributed by atoms with Crippen LogP contribution in [-0.4, -0.2) is 29.1 Å². The van der Waals surface area contributed by atoms with Crippen LogP contribution in [0.4, 0.5) is 0 Å². The predicted octanol–water partition coefficient (Wildman–Crippen LogP) is 3.80. The molecule has 4 heteroatoms. The summed E-state index contributed by atoms with van der Waals surface area (Å²) < 4.78 is 11.5. The molecule has 4 aliphatic rings. The molecule has 7 unspecified atom stereocenters. The van der Waals surface area contributed by atoms with Crippen molar-refractivity contribution >= 4 is 0 Å². The Hall–Kier alpha value is -0.160. The molecule has 2 N–H and O–H groups in total. The molecule has 0 radical (unpaired) electrons. The van der Waals surface area contributed by atoms with E-state index in [1.54, 1.807) is 0 Å². The first-order valence-corrected chi connectivity index (χ1v) is 10.4. The van der Waals surface area contributed by atoms with Crippen LogP contribution in [0.1, 0.15) is 77.0 Å². The van der Waals surface area contributed by atoms with E-state index in [0.717, 1.165) is 24.7 Å². The van der Waals surface area contributed by atoms with Crippen LogP contribution in [0.5, 0.6) is 0 Å². The van der Waals surface area contributed by atoms with E-state index < -0.39 is 18.9 Å². The van der Waals surface area contributed by atoms with Crippen LogP contribution in [0.2, 0.25) is 0 Å². The SMILES string of the molecule is OC1CCCC(OC(O)C2C3CCCCC3CC3CCCCC32)O1. The van der Waals surface area contributed by atoms with Gasteiger partial charge in [0.25, 0.3) is 0 Å². The maximum atomic E-state index is 11.0. The normalized spacial score (nSPS) is 47.5. The maximum Gasteiger partial charge on any atom is 0.163 e. The highest BCUT2D eigenvalue weighted by molar-refractivity contribution is 4.96. The molecule has 0 spiro atoms. The Morgan fingerprint density at radius 1 is 0.792 bits per heavy atom. The van der Waals surface area contributed by atoms with Gasteiger partial charge in [-0.3, -0.25) is 0 Å². The summed E-state index contributed by atoms with van der Waals surface area (Å²) in [5, 5.41) is 20.7. The van der Waals surface area contributed by atoms with E-state index in [1.807, 2.05) is 0 Å². The topological polar surface area (TPSA) is 58.9 Å². The van der Waals surface area contributed by atoms with Gasteiger partial charge in [-0.1, -0.05) is 38.5 Å². The summed E-state index contributed by atoms with van der Waals surface area (Å²) in [6.45, 7) is 0. The Morgan fingerprint density at radius 2 is 1.42 bits per heavy atom. The minimum absolute atomic E-state index is 0.275. The highest BCUT2D eigenvalue weighted by Crippen LogP contribution is 2.54. The molecule has 1 aliphatic heterocycles. The molecule has 24 heavy (non-hydrogen) atoms. The van der Waals surface area contributed by atoms with E-state index in [0.29, 0.717) is 18.3 Å². The molecule has 0 bridgehead atoms. The zero-order valence-electron chi connectivity index (χ0n) is 14.8. The maximum absolute atomic E-state index is 11.0. The Balaban J connectivity index is 1.48. The second-order valence-electron chi connectivity index (χ2n) is 8.71. The monoisotopic (exact) mass is 338 g/mol. The van der Waals surface area contributed by atoms with Crippen molar-refractivity contribution < 1.29 is 19.7 Å². The number of fused-ring (bicyclic) bond motifs is 2. The lowest BCUT2D eigenvalue weighted by Gasteiger charge is -2.52. The van der Waals surface area contributed by atoms with Crippen LogP contribution < -0.4 is 0 Å². The van der Waals surface area contributed by atoms with Crippen molar-refractivity contribution in [3.63, 3.8) is 0 Å². The third kappa shape index (κ3) is 3.53. The molecular weight excluding hydrogens is 304 g/mol. The van der Waals surface area contributed by atoms with Gasteiger partial charge in [0.1, 0.15) is 0 Å². The van der Waals surface area contributed by atoms with E-state index in [9.17, 15) is 10.2 Å². The average Bonchev–Trinajstić information content (AvgIpc) is 2.59. The van der Waals surface area contributed by atoms with Crippen molar-refractivity contribution in [3.05, 3.63) is 0 Å². The minimum Gasteiger partial charge on any atom is -0.368 e. The van der Waals surface area contributed by atoms with Gasteiger partial charge in [0.2, 0.25) is 0 Å². The summed E-state index contributed by atoms with van der Waals surface area (Å²) in [4.78, 5) is 0. The second kappa shape index (κ2) is 7.61. The van der Waals surface area contributed by atoms with Crippen LogP contribution in [-0.2, 0) is 9.47 Å². The van der Waals surface area contributed by atoms with Crippen molar-refractivity contribution in [2.45, 2.75) is 95.9 Å². The molecule has 4 rings (SSSR count). The van der Waals surface area contributed by atoms with Crippen molar-refractivity contribution in [2.24, 2.45) is 29.6 Å². The van der Waals surface area contributed by atoms with Crippen LogP contribution >= 0.6 is 0 Å². The van der Waals surface area contributed by atoms with E-state index in [4.69, 9.17) is 9.47 Å². The Morgan fingerprint density at radius 3 is 2.04 bits per heavy atom. The summed E-state index contributed by atoms with van der Waals surface area (Å²) in [6.07, 6.45) is 12.4. The molecule has 0 amide bonds. The van der Waals surface area contributed by atoms with Gasteiger partial charge in [0, 0.05) is 5.92 Å². The predicted molar refractivity (Wildman–Crippen MR) is 90.8 cm³/mol. The molecule has 1 heterocycles. The minimum atomic E-state index is -0.729. The lowest BCUT2D eigenvalue weighted by Crippen LogP contribution is -2.49. The number of aliphatic hydroxyl groups is 2. The second-order valence-corrected chi connectivity index (χ2v) is 8.71. The van der Waals surface area contributed by atoms with Crippen molar-refractivity contribution in [2.75, 3.05) is 0 Å². The van der Waals surface area contributed by atoms with Crippen molar-refractivity contribution in [1.29, 1.82) is 0 Å². The number of ether oxygens (including phenoxy) is 2. The molecule has 4 fully saturated rings. The molecule has 7 atom stereocenters. The zero-order valence-corrected chi connectivity index (χ0v) is 14.8. The first kappa shape index (κ1) is 17.3. The van der Waals surface area contributed by atoms with E-state index in [1.165, 1.54) is 57.8 Å². The summed E-state index contributed by atoms with van der Waals surface area (Å²) >= 11 is 0. The van der Waals surface area contributed by atoms with Gasteiger partial charge >= 0.3 is 0 Å². The van der Waals surface area contributed by atoms with E-state index >= 15 is 0 Å². The summed E-state index contributed by atoms with van der Waals surface area (Å²) in [6, 6.07) is 0. The number of hydrogen-bond donors (Lipinski definition) is 2. The largest absolute Gasteiger partial charge is 0.368 e. The van der Waals surface area contributed by atoms with Gasteiger partial charge in [0.15, 0.2) is 18.9 Å². The fourth-order valence-electron chi connectivity index (χ4n) is 6.32.